The van der Waals surface area contributed by atoms with E-state index in [1.807, 2.05) is 25.7 Å². The standard InChI is InChI=1S/C17H24FNO2/c1-17(2,3)16(20)19-10-4-5-15(11-19)21-12-13-6-8-14(18)9-7-13/h6-9,15H,4-5,10-12H2,1-3H3. The first-order valence-corrected chi connectivity index (χ1v) is 7.51. The Hall–Kier alpha value is -1.42. The van der Waals surface area contributed by atoms with E-state index in [2.05, 4.69) is 0 Å². The average molecular weight is 293 g/mol. The van der Waals surface area contributed by atoms with Crippen LogP contribution < -0.4 is 0 Å². The summed E-state index contributed by atoms with van der Waals surface area (Å²) in [6, 6.07) is 6.34. The highest BCUT2D eigenvalue weighted by Crippen LogP contribution is 2.22. The number of rotatable bonds is 3. The third kappa shape index (κ3) is 4.53. The van der Waals surface area contributed by atoms with E-state index in [1.165, 1.54) is 12.1 Å². The number of ether oxygens (including phenoxy) is 1. The molecule has 2 rings (SSSR count). The van der Waals surface area contributed by atoms with E-state index in [0.29, 0.717) is 13.2 Å². The first kappa shape index (κ1) is 16.0. The van der Waals surface area contributed by atoms with E-state index in [4.69, 9.17) is 4.74 Å². The molecule has 0 bridgehead atoms. The number of carbonyl (C=O) groups is 1. The first-order valence-electron chi connectivity index (χ1n) is 7.51. The highest BCUT2D eigenvalue weighted by atomic mass is 19.1. The van der Waals surface area contributed by atoms with Crippen molar-refractivity contribution in [3.8, 4) is 0 Å². The van der Waals surface area contributed by atoms with Crippen LogP contribution in [0.3, 0.4) is 0 Å². The van der Waals surface area contributed by atoms with Crippen LogP contribution in [0.15, 0.2) is 24.3 Å². The van der Waals surface area contributed by atoms with Gasteiger partial charge in [-0.15, -0.1) is 0 Å². The van der Waals surface area contributed by atoms with Crippen LogP contribution in [-0.4, -0.2) is 30.0 Å². The maximum Gasteiger partial charge on any atom is 0.228 e. The van der Waals surface area contributed by atoms with Crippen LogP contribution >= 0.6 is 0 Å². The van der Waals surface area contributed by atoms with Gasteiger partial charge < -0.3 is 9.64 Å². The van der Waals surface area contributed by atoms with Crippen molar-refractivity contribution >= 4 is 5.91 Å². The van der Waals surface area contributed by atoms with Gasteiger partial charge >= 0.3 is 0 Å². The van der Waals surface area contributed by atoms with Crippen molar-refractivity contribution in [1.82, 2.24) is 4.90 Å². The molecule has 0 spiro atoms. The van der Waals surface area contributed by atoms with Gasteiger partial charge in [-0.25, -0.2) is 4.39 Å². The van der Waals surface area contributed by atoms with Crippen molar-refractivity contribution in [2.45, 2.75) is 46.3 Å². The molecule has 1 atom stereocenters. The van der Waals surface area contributed by atoms with Crippen LogP contribution in [0, 0.1) is 11.2 Å². The zero-order valence-corrected chi connectivity index (χ0v) is 13.1. The lowest BCUT2D eigenvalue weighted by molar-refractivity contribution is -0.143. The molecule has 0 saturated carbocycles. The first-order chi connectivity index (χ1) is 9.86. The second kappa shape index (κ2) is 6.56. The van der Waals surface area contributed by atoms with Crippen molar-refractivity contribution in [1.29, 1.82) is 0 Å². The number of halogens is 1. The topological polar surface area (TPSA) is 29.5 Å². The van der Waals surface area contributed by atoms with Gasteiger partial charge in [0.05, 0.1) is 12.7 Å². The van der Waals surface area contributed by atoms with Gasteiger partial charge in [-0.2, -0.15) is 0 Å². The van der Waals surface area contributed by atoms with Crippen LogP contribution in [0.1, 0.15) is 39.2 Å². The molecule has 0 aliphatic carbocycles. The van der Waals surface area contributed by atoms with Crippen molar-refractivity contribution in [3.05, 3.63) is 35.6 Å². The highest BCUT2D eigenvalue weighted by Gasteiger charge is 2.31. The monoisotopic (exact) mass is 293 g/mol. The summed E-state index contributed by atoms with van der Waals surface area (Å²) in [4.78, 5) is 14.2. The van der Waals surface area contributed by atoms with Crippen LogP contribution in [0.2, 0.25) is 0 Å². The molecule has 1 amide bonds. The van der Waals surface area contributed by atoms with E-state index in [9.17, 15) is 9.18 Å². The van der Waals surface area contributed by atoms with Crippen LogP contribution in [0.4, 0.5) is 4.39 Å². The fraction of sp³-hybridized carbons (Fsp3) is 0.588. The molecule has 1 aromatic rings. The molecule has 1 unspecified atom stereocenters. The lowest BCUT2D eigenvalue weighted by Gasteiger charge is -2.36. The Labute approximate surface area is 126 Å². The largest absolute Gasteiger partial charge is 0.372 e. The molecule has 1 aliphatic heterocycles. The third-order valence-electron chi connectivity index (χ3n) is 3.71. The Morgan fingerprint density at radius 1 is 1.33 bits per heavy atom. The number of carbonyl (C=O) groups excluding carboxylic acids is 1. The van der Waals surface area contributed by atoms with Gasteiger partial charge in [-0.3, -0.25) is 4.79 Å². The zero-order chi connectivity index (χ0) is 15.5. The Balaban J connectivity index is 1.87. The van der Waals surface area contributed by atoms with Gasteiger partial charge in [0.1, 0.15) is 5.82 Å². The highest BCUT2D eigenvalue weighted by molar-refractivity contribution is 5.81. The van der Waals surface area contributed by atoms with E-state index < -0.39 is 0 Å². The number of hydrogen-bond donors (Lipinski definition) is 0. The average Bonchev–Trinajstić information content (AvgIpc) is 2.45. The molecule has 0 N–H and O–H groups in total. The van der Waals surface area contributed by atoms with Gasteiger partial charge in [0.25, 0.3) is 0 Å². The van der Waals surface area contributed by atoms with Gasteiger partial charge in [0.15, 0.2) is 0 Å². The smallest absolute Gasteiger partial charge is 0.228 e. The summed E-state index contributed by atoms with van der Waals surface area (Å²) in [7, 11) is 0. The molecule has 1 saturated heterocycles. The zero-order valence-electron chi connectivity index (χ0n) is 13.1. The van der Waals surface area contributed by atoms with E-state index >= 15 is 0 Å². The molecular formula is C17H24FNO2. The van der Waals surface area contributed by atoms with Gasteiger partial charge in [0.2, 0.25) is 5.91 Å². The summed E-state index contributed by atoms with van der Waals surface area (Å²) in [5.41, 5.74) is 0.606. The Morgan fingerprint density at radius 2 is 2.00 bits per heavy atom. The van der Waals surface area contributed by atoms with Crippen molar-refractivity contribution < 1.29 is 13.9 Å². The van der Waals surface area contributed by atoms with Crippen LogP contribution in [-0.2, 0) is 16.1 Å². The molecular weight excluding hydrogens is 269 g/mol. The minimum Gasteiger partial charge on any atom is -0.372 e. The Kier molecular flexibility index (Phi) is 4.99. The summed E-state index contributed by atoms with van der Waals surface area (Å²) in [6.07, 6.45) is 2.00. The second-order valence-electron chi connectivity index (χ2n) is 6.70. The quantitative estimate of drug-likeness (QED) is 0.855. The molecule has 1 aromatic carbocycles. The number of amides is 1. The summed E-state index contributed by atoms with van der Waals surface area (Å²) in [5.74, 6) is -0.0593. The lowest BCUT2D eigenvalue weighted by Crippen LogP contribution is -2.47. The van der Waals surface area contributed by atoms with Crippen LogP contribution in [0.5, 0.6) is 0 Å². The fourth-order valence-corrected chi connectivity index (χ4v) is 2.53. The fourth-order valence-electron chi connectivity index (χ4n) is 2.53. The molecule has 0 radical (unpaired) electrons. The summed E-state index contributed by atoms with van der Waals surface area (Å²) >= 11 is 0. The van der Waals surface area contributed by atoms with Gasteiger partial charge in [-0.1, -0.05) is 32.9 Å². The van der Waals surface area contributed by atoms with Crippen molar-refractivity contribution in [2.75, 3.05) is 13.1 Å². The van der Waals surface area contributed by atoms with Gasteiger partial charge in [-0.05, 0) is 30.5 Å². The summed E-state index contributed by atoms with van der Waals surface area (Å²) in [6.45, 7) is 7.75. The van der Waals surface area contributed by atoms with Crippen molar-refractivity contribution in [2.24, 2.45) is 5.41 Å². The summed E-state index contributed by atoms with van der Waals surface area (Å²) in [5, 5.41) is 0. The second-order valence-corrected chi connectivity index (χ2v) is 6.70. The molecule has 4 heteroatoms. The predicted octanol–water partition coefficient (Wildman–Crippen LogP) is 3.38. The molecule has 3 nitrogen and oxygen atoms in total. The number of piperidine rings is 1. The maximum atomic E-state index is 12.8. The molecule has 1 fully saturated rings. The molecule has 116 valence electrons. The molecule has 21 heavy (non-hydrogen) atoms. The minimum atomic E-state index is -0.348. The normalized spacial score (nSPS) is 19.6. The minimum absolute atomic E-state index is 0.0649. The van der Waals surface area contributed by atoms with Gasteiger partial charge in [0, 0.05) is 18.5 Å². The molecule has 0 aromatic heterocycles. The van der Waals surface area contributed by atoms with E-state index in [-0.39, 0.29) is 23.2 Å². The Bertz CT molecular complexity index is 479. The SMILES string of the molecule is CC(C)(C)C(=O)N1CCCC(OCc2ccc(F)cc2)C1. The van der Waals surface area contributed by atoms with Crippen LogP contribution in [0.25, 0.3) is 0 Å². The maximum absolute atomic E-state index is 12.8. The number of benzene rings is 1. The third-order valence-corrected chi connectivity index (χ3v) is 3.71. The summed E-state index contributed by atoms with van der Waals surface area (Å²) < 4.78 is 18.7. The lowest BCUT2D eigenvalue weighted by atomic mass is 9.93. The number of hydrogen-bond acceptors (Lipinski definition) is 2. The molecule has 1 aliphatic rings. The Morgan fingerprint density at radius 3 is 2.62 bits per heavy atom. The molecule has 1 heterocycles. The predicted molar refractivity (Wildman–Crippen MR) is 80.2 cm³/mol. The van der Waals surface area contributed by atoms with Crippen molar-refractivity contribution in [3.63, 3.8) is 0 Å². The van der Waals surface area contributed by atoms with E-state index in [0.717, 1.165) is 24.9 Å². The van der Waals surface area contributed by atoms with E-state index in [1.54, 1.807) is 12.1 Å². The number of nitrogens with zero attached hydrogens (tertiary/aromatic N) is 1. The number of likely N-dealkylation sites (tertiary alicyclic amines) is 1.